The highest BCUT2D eigenvalue weighted by Gasteiger charge is 2.48. The number of carbonyl (C=O) groups is 3. The van der Waals surface area contributed by atoms with Crippen molar-refractivity contribution >= 4 is 18.0 Å². The van der Waals surface area contributed by atoms with E-state index in [-0.39, 0.29) is 6.42 Å². The van der Waals surface area contributed by atoms with Gasteiger partial charge in [-0.05, 0) is 12.0 Å². The van der Waals surface area contributed by atoms with Crippen LogP contribution in [0.15, 0.2) is 30.3 Å². The lowest BCUT2D eigenvalue weighted by Crippen LogP contribution is -2.56. The molecule has 2 fully saturated rings. The summed E-state index contributed by atoms with van der Waals surface area (Å²) in [7, 11) is 0. The van der Waals surface area contributed by atoms with Crippen LogP contribution in [0, 0.1) is 0 Å². The second-order valence-electron chi connectivity index (χ2n) is 4.92. The monoisotopic (exact) mass is 289 g/mol. The van der Waals surface area contributed by atoms with Crippen LogP contribution in [0.5, 0.6) is 0 Å². The van der Waals surface area contributed by atoms with Gasteiger partial charge in [-0.2, -0.15) is 0 Å². The van der Waals surface area contributed by atoms with Gasteiger partial charge in [0.15, 0.2) is 0 Å². The molecule has 0 aromatic heterocycles. The Morgan fingerprint density at radius 2 is 1.90 bits per heavy atom. The van der Waals surface area contributed by atoms with Crippen molar-refractivity contribution in [2.75, 3.05) is 0 Å². The zero-order valence-electron chi connectivity index (χ0n) is 10.9. The second kappa shape index (κ2) is 4.97. The third kappa shape index (κ3) is 2.35. The molecular formula is C13H13N4O4-. The summed E-state index contributed by atoms with van der Waals surface area (Å²) in [6.45, 7) is 0. The van der Waals surface area contributed by atoms with Crippen LogP contribution in [-0.2, 0) is 11.2 Å². The van der Waals surface area contributed by atoms with Crippen LogP contribution in [-0.4, -0.2) is 41.3 Å². The summed E-state index contributed by atoms with van der Waals surface area (Å²) >= 11 is 0. The zero-order valence-corrected chi connectivity index (χ0v) is 10.9. The lowest BCUT2D eigenvalue weighted by atomic mass is 10.0. The minimum absolute atomic E-state index is 0.107. The molecule has 3 atom stereocenters. The first-order chi connectivity index (χ1) is 10.1. The van der Waals surface area contributed by atoms with Gasteiger partial charge in [0.05, 0.1) is 12.0 Å². The van der Waals surface area contributed by atoms with Crippen molar-refractivity contribution in [2.24, 2.45) is 0 Å². The molecule has 0 spiro atoms. The molecule has 3 N–H and O–H groups in total. The van der Waals surface area contributed by atoms with Crippen molar-refractivity contribution in [1.82, 2.24) is 20.9 Å². The molecule has 8 nitrogen and oxygen atoms in total. The Kier molecular flexibility index (Phi) is 3.13. The number of fused-ring (bicyclic) bond motifs is 1. The predicted molar refractivity (Wildman–Crippen MR) is 68.6 cm³/mol. The molecule has 21 heavy (non-hydrogen) atoms. The van der Waals surface area contributed by atoms with Crippen molar-refractivity contribution in [3.05, 3.63) is 35.9 Å². The highest BCUT2D eigenvalue weighted by molar-refractivity contribution is 5.88. The molecule has 1 aromatic carbocycles. The van der Waals surface area contributed by atoms with Gasteiger partial charge in [0.2, 0.25) is 0 Å². The molecule has 8 heteroatoms. The number of amides is 4. The predicted octanol–water partition coefficient (Wildman–Crippen LogP) is -1.66. The van der Waals surface area contributed by atoms with Crippen molar-refractivity contribution in [3.8, 4) is 0 Å². The van der Waals surface area contributed by atoms with Crippen LogP contribution >= 0.6 is 0 Å². The summed E-state index contributed by atoms with van der Waals surface area (Å²) in [5.74, 6) is -1.36. The van der Waals surface area contributed by atoms with E-state index in [9.17, 15) is 19.5 Å². The third-order valence-electron chi connectivity index (χ3n) is 3.57. The fraction of sp³-hybridized carbons (Fsp3) is 0.308. The topological polar surface area (TPSA) is 114 Å². The highest BCUT2D eigenvalue weighted by Crippen LogP contribution is 2.19. The zero-order chi connectivity index (χ0) is 15.0. The van der Waals surface area contributed by atoms with Gasteiger partial charge in [0.25, 0.3) is 0 Å². The Morgan fingerprint density at radius 1 is 1.19 bits per heavy atom. The molecule has 110 valence electrons. The van der Waals surface area contributed by atoms with E-state index >= 15 is 0 Å². The molecule has 2 aliphatic heterocycles. The van der Waals surface area contributed by atoms with E-state index in [2.05, 4.69) is 16.0 Å². The average molecular weight is 289 g/mol. The molecule has 0 unspecified atom stereocenters. The Morgan fingerprint density at radius 3 is 2.57 bits per heavy atom. The maximum atomic E-state index is 12.0. The number of nitrogens with one attached hydrogen (secondary N) is 3. The van der Waals surface area contributed by atoms with E-state index < -0.39 is 36.4 Å². The first kappa shape index (κ1) is 13.2. The number of hydrogen-bond donors (Lipinski definition) is 3. The molecule has 0 saturated carbocycles. The number of hydrogen-bond acceptors (Lipinski definition) is 4. The van der Waals surface area contributed by atoms with Crippen molar-refractivity contribution < 1.29 is 19.5 Å². The van der Waals surface area contributed by atoms with Crippen LogP contribution in [0.25, 0.3) is 0 Å². The maximum absolute atomic E-state index is 12.0. The Hall–Kier alpha value is -2.77. The van der Waals surface area contributed by atoms with Crippen molar-refractivity contribution in [2.45, 2.75) is 24.8 Å². The lowest BCUT2D eigenvalue weighted by Gasteiger charge is -2.31. The Bertz CT molecular complexity index is 591. The smallest absolute Gasteiger partial charge is 0.321 e. The fourth-order valence-electron chi connectivity index (χ4n) is 2.63. The Balaban J connectivity index is 1.85. The van der Waals surface area contributed by atoms with Crippen molar-refractivity contribution in [1.29, 1.82) is 0 Å². The number of nitrogens with zero attached hydrogens (tertiary/aromatic N) is 1. The molecule has 1 aromatic rings. The molecular weight excluding hydrogens is 276 g/mol. The third-order valence-corrected chi connectivity index (χ3v) is 3.57. The van der Waals surface area contributed by atoms with Gasteiger partial charge in [-0.15, -0.1) is 0 Å². The van der Waals surface area contributed by atoms with E-state index in [1.807, 2.05) is 6.07 Å². The van der Waals surface area contributed by atoms with E-state index in [1.165, 1.54) is 0 Å². The number of benzene rings is 1. The number of aliphatic carboxylic acids is 1. The second-order valence-corrected chi connectivity index (χ2v) is 4.92. The first-order valence-electron chi connectivity index (χ1n) is 6.47. The standard InChI is InChI=1S/C13H14N4O4/c18-11(19)8(6-7-4-2-1-3-5-7)17-10-9(15-13(17)21)14-12(20)16-10/h1-5,8-10H,6H2,(H,15,21)(H,18,19)(H2,14,16,20)/p-1/t8-,9+,10-/m1/s1. The van der Waals surface area contributed by atoms with Gasteiger partial charge >= 0.3 is 12.1 Å². The van der Waals surface area contributed by atoms with Crippen LogP contribution in [0.4, 0.5) is 9.59 Å². The van der Waals surface area contributed by atoms with Crippen molar-refractivity contribution in [3.63, 3.8) is 0 Å². The minimum Gasteiger partial charge on any atom is -0.548 e. The van der Waals surface area contributed by atoms with Gasteiger partial charge in [-0.1, -0.05) is 30.3 Å². The summed E-state index contributed by atoms with van der Waals surface area (Å²) in [5.41, 5.74) is 0.764. The lowest BCUT2D eigenvalue weighted by molar-refractivity contribution is -0.311. The van der Waals surface area contributed by atoms with Gasteiger partial charge in [0, 0.05) is 0 Å². The van der Waals surface area contributed by atoms with Crippen LogP contribution in [0.3, 0.4) is 0 Å². The molecule has 0 radical (unpaired) electrons. The fourth-order valence-corrected chi connectivity index (χ4v) is 2.63. The summed E-state index contributed by atoms with van der Waals surface area (Å²) in [6, 6.07) is 6.76. The Labute approximate surface area is 120 Å². The van der Waals surface area contributed by atoms with E-state index in [1.54, 1.807) is 24.3 Å². The number of carboxylic acids is 1. The van der Waals surface area contributed by atoms with E-state index in [4.69, 9.17) is 0 Å². The van der Waals surface area contributed by atoms with Crippen LogP contribution in [0.1, 0.15) is 5.56 Å². The van der Waals surface area contributed by atoms with Gasteiger partial charge in [-0.25, -0.2) is 9.59 Å². The summed E-state index contributed by atoms with van der Waals surface area (Å²) in [5, 5.41) is 19.0. The number of rotatable bonds is 4. The van der Waals surface area contributed by atoms with E-state index in [0.29, 0.717) is 0 Å². The molecule has 2 aliphatic rings. The molecule has 0 aliphatic carbocycles. The largest absolute Gasteiger partial charge is 0.548 e. The number of carbonyl (C=O) groups excluding carboxylic acids is 3. The van der Waals surface area contributed by atoms with Crippen LogP contribution < -0.4 is 21.1 Å². The van der Waals surface area contributed by atoms with Gasteiger partial charge < -0.3 is 25.9 Å². The average Bonchev–Trinajstić information content (AvgIpc) is 2.92. The molecule has 2 saturated heterocycles. The molecule has 2 heterocycles. The van der Waals surface area contributed by atoms with E-state index in [0.717, 1.165) is 10.5 Å². The summed E-state index contributed by atoms with van der Waals surface area (Å²) in [4.78, 5) is 35.8. The number of urea groups is 2. The SMILES string of the molecule is O=C1N[C@H]2NC(=O)N([C@H](Cc3ccccc3)C(=O)[O-])[C@H]2N1. The minimum atomic E-state index is -1.36. The molecule has 4 amide bonds. The van der Waals surface area contributed by atoms with Crippen LogP contribution in [0.2, 0.25) is 0 Å². The summed E-state index contributed by atoms with van der Waals surface area (Å²) < 4.78 is 0. The first-order valence-corrected chi connectivity index (χ1v) is 6.47. The quantitative estimate of drug-likeness (QED) is 0.615. The maximum Gasteiger partial charge on any atom is 0.321 e. The summed E-state index contributed by atoms with van der Waals surface area (Å²) in [6.07, 6.45) is -1.27. The molecule has 3 rings (SSSR count). The number of carboxylic acid groups (broad SMARTS) is 1. The van der Waals surface area contributed by atoms with Gasteiger partial charge in [0.1, 0.15) is 12.3 Å². The van der Waals surface area contributed by atoms with Gasteiger partial charge in [-0.3, -0.25) is 4.90 Å². The molecule has 0 bridgehead atoms. The normalized spacial score (nSPS) is 24.9. The highest BCUT2D eigenvalue weighted by atomic mass is 16.4.